The molecule has 4 nitrogen and oxygen atoms in total. The summed E-state index contributed by atoms with van der Waals surface area (Å²) in [6, 6.07) is 3.05. The number of rotatable bonds is 4. The van der Waals surface area contributed by atoms with Gasteiger partial charge in [-0.3, -0.25) is 9.59 Å². The van der Waals surface area contributed by atoms with E-state index in [1.165, 1.54) is 18.5 Å². The van der Waals surface area contributed by atoms with E-state index in [1.54, 1.807) is 6.07 Å². The zero-order chi connectivity index (χ0) is 13.1. The van der Waals surface area contributed by atoms with Crippen molar-refractivity contribution in [2.75, 3.05) is 0 Å². The van der Waals surface area contributed by atoms with E-state index < -0.39 is 5.78 Å². The molecule has 0 spiro atoms. The van der Waals surface area contributed by atoms with Crippen LogP contribution in [0.5, 0.6) is 0 Å². The monoisotopic (exact) mass is 300 g/mol. The molecule has 0 N–H and O–H groups in total. The highest BCUT2D eigenvalue weighted by atomic mass is 35.5. The summed E-state index contributed by atoms with van der Waals surface area (Å²) in [4.78, 5) is 31.1. The fourth-order valence-corrected chi connectivity index (χ4v) is 2.79. The van der Waals surface area contributed by atoms with Crippen molar-refractivity contribution in [2.45, 2.75) is 6.42 Å². The molecule has 0 unspecified atom stereocenters. The molecule has 0 fully saturated rings. The van der Waals surface area contributed by atoms with Gasteiger partial charge in [-0.15, -0.1) is 11.3 Å². The van der Waals surface area contributed by atoms with Gasteiger partial charge in [0.25, 0.3) is 0 Å². The van der Waals surface area contributed by atoms with Crippen molar-refractivity contribution in [1.29, 1.82) is 0 Å². The number of halogens is 2. The number of hydrogen-bond donors (Lipinski definition) is 0. The average molecular weight is 301 g/mol. The third-order valence-electron chi connectivity index (χ3n) is 2.09. The van der Waals surface area contributed by atoms with Gasteiger partial charge in [0.05, 0.1) is 10.8 Å². The molecule has 2 aromatic heterocycles. The second kappa shape index (κ2) is 5.56. The highest BCUT2D eigenvalue weighted by Crippen LogP contribution is 2.31. The number of hydrogen-bond acceptors (Lipinski definition) is 5. The summed E-state index contributed by atoms with van der Waals surface area (Å²) >= 11 is 12.7. The van der Waals surface area contributed by atoms with Gasteiger partial charge in [0.2, 0.25) is 5.78 Å². The van der Waals surface area contributed by atoms with Crippen LogP contribution in [0.1, 0.15) is 27.4 Å². The molecular weight excluding hydrogens is 295 g/mol. The summed E-state index contributed by atoms with van der Waals surface area (Å²) in [5, 5.41) is 0. The topological polar surface area (TPSA) is 59.9 Å². The molecule has 0 aliphatic heterocycles. The summed E-state index contributed by atoms with van der Waals surface area (Å²) in [6.45, 7) is 0. The van der Waals surface area contributed by atoms with E-state index in [2.05, 4.69) is 9.97 Å². The van der Waals surface area contributed by atoms with Gasteiger partial charge in [0.1, 0.15) is 4.34 Å². The van der Waals surface area contributed by atoms with Gasteiger partial charge >= 0.3 is 0 Å². The molecule has 7 heteroatoms. The maximum absolute atomic E-state index is 11.8. The molecule has 0 aliphatic rings. The number of nitrogens with zero attached hydrogens (tertiary/aromatic N) is 2. The molecule has 92 valence electrons. The molecule has 0 aromatic carbocycles. The third kappa shape index (κ3) is 2.93. The molecule has 0 radical (unpaired) electrons. The number of aromatic nitrogens is 2. The summed E-state index contributed by atoms with van der Waals surface area (Å²) in [6.07, 6.45) is 2.56. The zero-order valence-electron chi connectivity index (χ0n) is 8.89. The van der Waals surface area contributed by atoms with Crippen molar-refractivity contribution in [3.63, 3.8) is 0 Å². The maximum atomic E-state index is 11.8. The predicted molar refractivity (Wildman–Crippen MR) is 69.6 cm³/mol. The SMILES string of the molecule is O=C(CC(=O)c1cc(Cl)sc1Cl)c1ncccn1. The van der Waals surface area contributed by atoms with E-state index >= 15 is 0 Å². The minimum absolute atomic E-state index is 0.0169. The molecule has 0 amide bonds. The van der Waals surface area contributed by atoms with Crippen LogP contribution in [0.4, 0.5) is 0 Å². The highest BCUT2D eigenvalue weighted by Gasteiger charge is 2.19. The Morgan fingerprint density at radius 3 is 2.39 bits per heavy atom. The van der Waals surface area contributed by atoms with Crippen molar-refractivity contribution < 1.29 is 9.59 Å². The lowest BCUT2D eigenvalue weighted by atomic mass is 10.1. The van der Waals surface area contributed by atoms with Gasteiger partial charge in [-0.2, -0.15) is 0 Å². The molecular formula is C11H6Cl2N2O2S. The number of thiophene rings is 1. The standard InChI is InChI=1S/C11H6Cl2N2O2S/c12-9-4-6(10(13)18-9)7(16)5-8(17)11-14-2-1-3-15-11/h1-4H,5H2. The normalized spacial score (nSPS) is 10.3. The first-order chi connectivity index (χ1) is 8.58. The summed E-state index contributed by atoms with van der Waals surface area (Å²) in [7, 11) is 0. The Hall–Kier alpha value is -1.30. The van der Waals surface area contributed by atoms with Crippen LogP contribution in [0.2, 0.25) is 8.67 Å². The Balaban J connectivity index is 2.13. The van der Waals surface area contributed by atoms with Crippen molar-refractivity contribution in [3.05, 3.63) is 44.6 Å². The molecule has 2 rings (SSSR count). The first-order valence-electron chi connectivity index (χ1n) is 4.86. The maximum Gasteiger partial charge on any atom is 0.207 e. The van der Waals surface area contributed by atoms with Crippen LogP contribution in [-0.4, -0.2) is 21.5 Å². The van der Waals surface area contributed by atoms with E-state index in [0.29, 0.717) is 4.34 Å². The number of carbonyl (C=O) groups is 2. The van der Waals surface area contributed by atoms with Crippen molar-refractivity contribution in [1.82, 2.24) is 9.97 Å². The molecule has 0 saturated heterocycles. The molecule has 0 bridgehead atoms. The van der Waals surface area contributed by atoms with Gasteiger partial charge in [-0.25, -0.2) is 9.97 Å². The lowest BCUT2D eigenvalue weighted by molar-refractivity contribution is 0.0888. The fourth-order valence-electron chi connectivity index (χ4n) is 1.29. The second-order valence-corrected chi connectivity index (χ2v) is 5.62. The Morgan fingerprint density at radius 1 is 1.17 bits per heavy atom. The second-order valence-electron chi connectivity index (χ2n) is 3.33. The molecule has 0 atom stereocenters. The average Bonchev–Trinajstić information content (AvgIpc) is 2.69. The Labute approximate surface area is 117 Å². The smallest absolute Gasteiger partial charge is 0.207 e. The van der Waals surface area contributed by atoms with E-state index in [4.69, 9.17) is 23.2 Å². The van der Waals surface area contributed by atoms with E-state index in [9.17, 15) is 9.59 Å². The van der Waals surface area contributed by atoms with Crippen molar-refractivity contribution in [2.24, 2.45) is 0 Å². The number of ketones is 2. The van der Waals surface area contributed by atoms with Crippen LogP contribution < -0.4 is 0 Å². The molecule has 2 aromatic rings. The lowest BCUT2D eigenvalue weighted by Gasteiger charge is -1.98. The Morgan fingerprint density at radius 2 is 1.83 bits per heavy atom. The quantitative estimate of drug-likeness (QED) is 0.642. The summed E-state index contributed by atoms with van der Waals surface area (Å²) in [5.74, 6) is -0.817. The zero-order valence-corrected chi connectivity index (χ0v) is 11.2. The predicted octanol–water partition coefficient (Wildman–Crippen LogP) is 3.30. The van der Waals surface area contributed by atoms with Crippen LogP contribution in [0.3, 0.4) is 0 Å². The van der Waals surface area contributed by atoms with Crippen molar-refractivity contribution in [3.8, 4) is 0 Å². The summed E-state index contributed by atoms with van der Waals surface area (Å²) < 4.78 is 0.693. The van der Waals surface area contributed by atoms with E-state index in [1.807, 2.05) is 0 Å². The van der Waals surface area contributed by atoms with Gasteiger partial charge in [0.15, 0.2) is 11.6 Å². The minimum Gasteiger partial charge on any atom is -0.294 e. The van der Waals surface area contributed by atoms with Crippen LogP contribution in [0.25, 0.3) is 0 Å². The Bertz CT molecular complexity index is 598. The van der Waals surface area contributed by atoms with Crippen LogP contribution in [0, 0.1) is 0 Å². The molecule has 18 heavy (non-hydrogen) atoms. The Kier molecular flexibility index (Phi) is 4.06. The van der Waals surface area contributed by atoms with Crippen LogP contribution in [-0.2, 0) is 0 Å². The number of Topliss-reactive ketones (excluding diaryl/α,β-unsaturated/α-hetero) is 2. The van der Waals surface area contributed by atoms with Gasteiger partial charge in [0, 0.05) is 18.0 Å². The highest BCUT2D eigenvalue weighted by molar-refractivity contribution is 7.20. The molecule has 0 saturated carbocycles. The summed E-state index contributed by atoms with van der Waals surface area (Å²) in [5.41, 5.74) is 0.260. The first kappa shape index (κ1) is 13.1. The van der Waals surface area contributed by atoms with Crippen LogP contribution >= 0.6 is 34.5 Å². The van der Waals surface area contributed by atoms with Crippen LogP contribution in [0.15, 0.2) is 24.5 Å². The number of carbonyl (C=O) groups excluding carboxylic acids is 2. The third-order valence-corrected chi connectivity index (χ3v) is 3.58. The van der Waals surface area contributed by atoms with E-state index in [0.717, 1.165) is 11.3 Å². The van der Waals surface area contributed by atoms with Crippen molar-refractivity contribution >= 4 is 46.1 Å². The fraction of sp³-hybridized carbons (Fsp3) is 0.0909. The lowest BCUT2D eigenvalue weighted by Crippen LogP contribution is -2.11. The molecule has 2 heterocycles. The van der Waals surface area contributed by atoms with E-state index in [-0.39, 0.29) is 27.9 Å². The first-order valence-corrected chi connectivity index (χ1v) is 6.43. The molecule has 0 aliphatic carbocycles. The van der Waals surface area contributed by atoms with Gasteiger partial charge < -0.3 is 0 Å². The largest absolute Gasteiger partial charge is 0.294 e. The van der Waals surface area contributed by atoms with Gasteiger partial charge in [-0.05, 0) is 12.1 Å². The van der Waals surface area contributed by atoms with Gasteiger partial charge in [-0.1, -0.05) is 23.2 Å². The minimum atomic E-state index is -0.445.